The van der Waals surface area contributed by atoms with E-state index < -0.39 is 0 Å². The molecule has 2 aromatic carbocycles. The van der Waals surface area contributed by atoms with Crippen LogP contribution in [0.25, 0.3) is 0 Å². The van der Waals surface area contributed by atoms with Crippen molar-refractivity contribution < 1.29 is 14.3 Å². The minimum Gasteiger partial charge on any atom is -0.495 e. The SMILES string of the molecule is COc1cc(NCCC(=O)Nc2ccc(C)c(C)c2)c(OC)cc1Cl. The quantitative estimate of drug-likeness (QED) is 0.765. The van der Waals surface area contributed by atoms with Gasteiger partial charge in [-0.25, -0.2) is 0 Å². The van der Waals surface area contributed by atoms with Gasteiger partial charge >= 0.3 is 0 Å². The maximum absolute atomic E-state index is 12.1. The highest BCUT2D eigenvalue weighted by atomic mass is 35.5. The zero-order valence-electron chi connectivity index (χ0n) is 14.9. The number of hydrogen-bond donors (Lipinski definition) is 2. The number of ether oxygens (including phenoxy) is 2. The summed E-state index contributed by atoms with van der Waals surface area (Å²) < 4.78 is 10.5. The van der Waals surface area contributed by atoms with Gasteiger partial charge in [0.05, 0.1) is 24.9 Å². The van der Waals surface area contributed by atoms with E-state index in [1.165, 1.54) is 5.56 Å². The largest absolute Gasteiger partial charge is 0.495 e. The van der Waals surface area contributed by atoms with Crippen LogP contribution in [0.4, 0.5) is 11.4 Å². The monoisotopic (exact) mass is 362 g/mol. The molecule has 0 aliphatic rings. The molecule has 6 heteroatoms. The standard InChI is InChI=1S/C19H23ClN2O3/c1-12-5-6-14(9-13(12)2)22-19(23)7-8-21-16-11-17(24-3)15(20)10-18(16)25-4/h5-6,9-11,21H,7-8H2,1-4H3,(H,22,23). The van der Waals surface area contributed by atoms with E-state index in [1.54, 1.807) is 26.4 Å². The number of rotatable bonds is 7. The van der Waals surface area contributed by atoms with Gasteiger partial charge in [0, 0.05) is 30.8 Å². The molecule has 134 valence electrons. The van der Waals surface area contributed by atoms with Crippen LogP contribution in [-0.2, 0) is 4.79 Å². The molecular formula is C19H23ClN2O3. The second-order valence-corrected chi connectivity index (χ2v) is 6.12. The van der Waals surface area contributed by atoms with E-state index in [9.17, 15) is 4.79 Å². The number of amides is 1. The van der Waals surface area contributed by atoms with Gasteiger partial charge in [-0.15, -0.1) is 0 Å². The maximum Gasteiger partial charge on any atom is 0.226 e. The van der Waals surface area contributed by atoms with Crippen molar-refractivity contribution >= 4 is 28.9 Å². The van der Waals surface area contributed by atoms with E-state index >= 15 is 0 Å². The lowest BCUT2D eigenvalue weighted by Gasteiger charge is -2.14. The van der Waals surface area contributed by atoms with Crippen LogP contribution in [0.15, 0.2) is 30.3 Å². The second-order valence-electron chi connectivity index (χ2n) is 5.71. The fourth-order valence-electron chi connectivity index (χ4n) is 2.35. The fraction of sp³-hybridized carbons (Fsp3) is 0.316. The molecular weight excluding hydrogens is 340 g/mol. The molecule has 0 unspecified atom stereocenters. The normalized spacial score (nSPS) is 10.3. The third-order valence-corrected chi connectivity index (χ3v) is 4.23. The van der Waals surface area contributed by atoms with Crippen LogP contribution in [0.5, 0.6) is 11.5 Å². The maximum atomic E-state index is 12.1. The lowest BCUT2D eigenvalue weighted by atomic mass is 10.1. The molecule has 2 N–H and O–H groups in total. The number of halogens is 1. The first-order valence-electron chi connectivity index (χ1n) is 7.97. The molecule has 0 spiro atoms. The topological polar surface area (TPSA) is 59.6 Å². The Morgan fingerprint density at radius 3 is 2.40 bits per heavy atom. The molecule has 2 rings (SSSR count). The Morgan fingerprint density at radius 1 is 1.04 bits per heavy atom. The molecule has 25 heavy (non-hydrogen) atoms. The van der Waals surface area contributed by atoms with Gasteiger partial charge in [-0.05, 0) is 37.1 Å². The summed E-state index contributed by atoms with van der Waals surface area (Å²) in [7, 11) is 3.12. The molecule has 0 bridgehead atoms. The lowest BCUT2D eigenvalue weighted by molar-refractivity contribution is -0.115. The van der Waals surface area contributed by atoms with Crippen molar-refractivity contribution in [2.75, 3.05) is 31.4 Å². The summed E-state index contributed by atoms with van der Waals surface area (Å²) in [6.07, 6.45) is 0.320. The minimum absolute atomic E-state index is 0.0596. The Hall–Kier alpha value is -2.40. The van der Waals surface area contributed by atoms with Crippen LogP contribution in [-0.4, -0.2) is 26.7 Å². The summed E-state index contributed by atoms with van der Waals surface area (Å²) in [5, 5.41) is 6.55. The van der Waals surface area contributed by atoms with Crippen molar-refractivity contribution in [3.05, 3.63) is 46.5 Å². The smallest absolute Gasteiger partial charge is 0.226 e. The van der Waals surface area contributed by atoms with Gasteiger partial charge in [0.15, 0.2) is 0 Å². The third-order valence-electron chi connectivity index (χ3n) is 3.93. The molecule has 0 fully saturated rings. The Bertz CT molecular complexity index is 763. The number of benzene rings is 2. The Balaban J connectivity index is 1.93. The average Bonchev–Trinajstić information content (AvgIpc) is 2.59. The number of carbonyl (C=O) groups excluding carboxylic acids is 1. The van der Waals surface area contributed by atoms with Gasteiger partial charge in [0.1, 0.15) is 11.5 Å². The average molecular weight is 363 g/mol. The lowest BCUT2D eigenvalue weighted by Crippen LogP contribution is -2.16. The van der Waals surface area contributed by atoms with Crippen molar-refractivity contribution in [1.82, 2.24) is 0 Å². The highest BCUT2D eigenvalue weighted by Gasteiger charge is 2.10. The van der Waals surface area contributed by atoms with Gasteiger partial charge in [-0.3, -0.25) is 4.79 Å². The number of anilines is 2. The van der Waals surface area contributed by atoms with E-state index in [4.69, 9.17) is 21.1 Å². The van der Waals surface area contributed by atoms with E-state index in [1.807, 2.05) is 32.0 Å². The third kappa shape index (κ3) is 5.03. The van der Waals surface area contributed by atoms with E-state index in [2.05, 4.69) is 10.6 Å². The summed E-state index contributed by atoms with van der Waals surface area (Å²) in [6.45, 7) is 4.52. The van der Waals surface area contributed by atoms with Gasteiger partial charge < -0.3 is 20.1 Å². The molecule has 1 amide bonds. The van der Waals surface area contributed by atoms with E-state index in [0.717, 1.165) is 16.9 Å². The van der Waals surface area contributed by atoms with Crippen molar-refractivity contribution in [3.8, 4) is 11.5 Å². The number of hydrogen-bond acceptors (Lipinski definition) is 4. The molecule has 0 heterocycles. The van der Waals surface area contributed by atoms with Crippen LogP contribution in [0.3, 0.4) is 0 Å². The molecule has 0 saturated heterocycles. The molecule has 0 saturated carbocycles. The van der Waals surface area contributed by atoms with Crippen molar-refractivity contribution in [2.24, 2.45) is 0 Å². The van der Waals surface area contributed by atoms with E-state index in [-0.39, 0.29) is 5.91 Å². The van der Waals surface area contributed by atoms with Gasteiger partial charge in [0.25, 0.3) is 0 Å². The Morgan fingerprint density at radius 2 is 1.76 bits per heavy atom. The minimum atomic E-state index is -0.0596. The van der Waals surface area contributed by atoms with E-state index in [0.29, 0.717) is 29.5 Å². The molecule has 0 aromatic heterocycles. The predicted molar refractivity (Wildman–Crippen MR) is 102 cm³/mol. The summed E-state index contributed by atoms with van der Waals surface area (Å²) in [4.78, 5) is 12.1. The van der Waals surface area contributed by atoms with Crippen LogP contribution in [0, 0.1) is 13.8 Å². The summed E-state index contributed by atoms with van der Waals surface area (Å²) >= 11 is 6.08. The van der Waals surface area contributed by atoms with Gasteiger partial charge in [-0.2, -0.15) is 0 Å². The summed E-state index contributed by atoms with van der Waals surface area (Å²) in [6, 6.07) is 9.29. The first-order chi connectivity index (χ1) is 11.9. The predicted octanol–water partition coefficient (Wildman–Crippen LogP) is 4.41. The summed E-state index contributed by atoms with van der Waals surface area (Å²) in [5.41, 5.74) is 3.87. The zero-order chi connectivity index (χ0) is 18.4. The molecule has 0 aliphatic carbocycles. The molecule has 0 atom stereocenters. The first kappa shape index (κ1) is 18.9. The fourth-order valence-corrected chi connectivity index (χ4v) is 2.58. The molecule has 0 radical (unpaired) electrons. The summed E-state index contributed by atoms with van der Waals surface area (Å²) in [5.74, 6) is 1.08. The van der Waals surface area contributed by atoms with Crippen LogP contribution in [0.2, 0.25) is 5.02 Å². The van der Waals surface area contributed by atoms with Crippen LogP contribution >= 0.6 is 11.6 Å². The van der Waals surface area contributed by atoms with Crippen molar-refractivity contribution in [2.45, 2.75) is 20.3 Å². The highest BCUT2D eigenvalue weighted by molar-refractivity contribution is 6.32. The molecule has 5 nitrogen and oxygen atoms in total. The zero-order valence-corrected chi connectivity index (χ0v) is 15.7. The number of nitrogens with one attached hydrogen (secondary N) is 2. The Labute approximate surface area is 153 Å². The highest BCUT2D eigenvalue weighted by Crippen LogP contribution is 2.35. The molecule has 2 aromatic rings. The van der Waals surface area contributed by atoms with Crippen LogP contribution < -0.4 is 20.1 Å². The number of methoxy groups -OCH3 is 2. The number of aryl methyl sites for hydroxylation is 2. The van der Waals surface area contributed by atoms with Gasteiger partial charge in [-0.1, -0.05) is 17.7 Å². The van der Waals surface area contributed by atoms with Gasteiger partial charge in [0.2, 0.25) is 5.91 Å². The Kier molecular flexibility index (Phi) is 6.53. The van der Waals surface area contributed by atoms with Crippen molar-refractivity contribution in [3.63, 3.8) is 0 Å². The number of carbonyl (C=O) groups is 1. The van der Waals surface area contributed by atoms with Crippen molar-refractivity contribution in [1.29, 1.82) is 0 Å². The second kappa shape index (κ2) is 8.62. The molecule has 0 aliphatic heterocycles. The first-order valence-corrected chi connectivity index (χ1v) is 8.35. The van der Waals surface area contributed by atoms with Crippen LogP contribution in [0.1, 0.15) is 17.5 Å².